The van der Waals surface area contributed by atoms with Crippen molar-refractivity contribution in [1.29, 1.82) is 0 Å². The minimum Gasteiger partial charge on any atom is -0.311 e. The van der Waals surface area contributed by atoms with Crippen LogP contribution in [0.4, 0.5) is 0 Å². The number of aromatic nitrogens is 2. The molecule has 0 aromatic carbocycles. The third-order valence-electron chi connectivity index (χ3n) is 3.54. The van der Waals surface area contributed by atoms with Crippen molar-refractivity contribution in [3.8, 4) is 0 Å². The SMILES string of the molecule is CCNCc1cc(=O)[nH]c(C2CN(C)CCN2C)n1. The molecule has 0 spiro atoms. The number of nitrogens with zero attached hydrogens (tertiary/aromatic N) is 3. The van der Waals surface area contributed by atoms with Crippen molar-refractivity contribution in [3.05, 3.63) is 27.9 Å². The molecule has 1 aromatic rings. The predicted octanol–water partition coefficient (Wildman–Crippen LogP) is -0.202. The number of nitrogens with one attached hydrogen (secondary N) is 2. The summed E-state index contributed by atoms with van der Waals surface area (Å²) < 4.78 is 0. The number of rotatable bonds is 4. The molecule has 19 heavy (non-hydrogen) atoms. The molecule has 1 unspecified atom stereocenters. The van der Waals surface area contributed by atoms with E-state index in [0.717, 1.165) is 37.7 Å². The molecule has 1 aromatic heterocycles. The van der Waals surface area contributed by atoms with E-state index in [1.54, 1.807) is 6.07 Å². The molecule has 0 aliphatic carbocycles. The molecule has 0 bridgehead atoms. The summed E-state index contributed by atoms with van der Waals surface area (Å²) >= 11 is 0. The van der Waals surface area contributed by atoms with Crippen LogP contribution in [0.3, 0.4) is 0 Å². The second kappa shape index (κ2) is 6.27. The summed E-state index contributed by atoms with van der Waals surface area (Å²) in [4.78, 5) is 23.7. The van der Waals surface area contributed by atoms with Gasteiger partial charge >= 0.3 is 0 Å². The molecule has 1 aliphatic heterocycles. The average molecular weight is 265 g/mol. The lowest BCUT2D eigenvalue weighted by atomic mass is 10.1. The zero-order chi connectivity index (χ0) is 13.8. The van der Waals surface area contributed by atoms with Gasteiger partial charge in [0, 0.05) is 32.2 Å². The Kier molecular flexibility index (Phi) is 4.68. The van der Waals surface area contributed by atoms with Gasteiger partial charge in [0.1, 0.15) is 5.82 Å². The van der Waals surface area contributed by atoms with E-state index in [2.05, 4.69) is 39.2 Å². The number of likely N-dealkylation sites (N-methyl/N-ethyl adjacent to an activating group) is 2. The molecule has 6 heteroatoms. The quantitative estimate of drug-likeness (QED) is 0.789. The van der Waals surface area contributed by atoms with Gasteiger partial charge in [0.2, 0.25) is 0 Å². The van der Waals surface area contributed by atoms with Gasteiger partial charge in [-0.15, -0.1) is 0 Å². The molecule has 0 saturated carbocycles. The van der Waals surface area contributed by atoms with Crippen LogP contribution in [-0.4, -0.2) is 60.0 Å². The van der Waals surface area contributed by atoms with Crippen molar-refractivity contribution in [2.24, 2.45) is 0 Å². The fourth-order valence-corrected chi connectivity index (χ4v) is 2.34. The van der Waals surface area contributed by atoms with Crippen LogP contribution in [0.2, 0.25) is 0 Å². The number of aromatic amines is 1. The van der Waals surface area contributed by atoms with Crippen LogP contribution < -0.4 is 10.9 Å². The Morgan fingerprint density at radius 3 is 3.00 bits per heavy atom. The summed E-state index contributed by atoms with van der Waals surface area (Å²) in [6, 6.07) is 1.73. The Bertz CT molecular complexity index is 472. The molecule has 1 saturated heterocycles. The minimum absolute atomic E-state index is 0.0699. The summed E-state index contributed by atoms with van der Waals surface area (Å²) in [5, 5.41) is 3.20. The van der Waals surface area contributed by atoms with E-state index in [1.807, 2.05) is 6.92 Å². The van der Waals surface area contributed by atoms with E-state index in [9.17, 15) is 4.79 Å². The first kappa shape index (κ1) is 14.2. The van der Waals surface area contributed by atoms with Crippen LogP contribution in [0.15, 0.2) is 10.9 Å². The Morgan fingerprint density at radius 2 is 2.26 bits per heavy atom. The smallest absolute Gasteiger partial charge is 0.251 e. The summed E-state index contributed by atoms with van der Waals surface area (Å²) in [5.74, 6) is 0.773. The molecular weight excluding hydrogens is 242 g/mol. The Balaban J connectivity index is 2.22. The maximum Gasteiger partial charge on any atom is 0.251 e. The summed E-state index contributed by atoms with van der Waals surface area (Å²) in [5.41, 5.74) is 0.738. The molecule has 2 heterocycles. The highest BCUT2D eigenvalue weighted by atomic mass is 16.1. The third-order valence-corrected chi connectivity index (χ3v) is 3.54. The topological polar surface area (TPSA) is 64.3 Å². The van der Waals surface area contributed by atoms with E-state index in [-0.39, 0.29) is 11.6 Å². The first-order chi connectivity index (χ1) is 9.10. The summed E-state index contributed by atoms with van der Waals surface area (Å²) in [6.07, 6.45) is 0. The lowest BCUT2D eigenvalue weighted by Gasteiger charge is -2.36. The van der Waals surface area contributed by atoms with Crippen LogP contribution in [0, 0.1) is 0 Å². The molecular formula is C13H23N5O. The second-order valence-electron chi connectivity index (χ2n) is 5.16. The van der Waals surface area contributed by atoms with Crippen molar-refractivity contribution < 1.29 is 0 Å². The molecule has 6 nitrogen and oxygen atoms in total. The van der Waals surface area contributed by atoms with Crippen LogP contribution in [0.1, 0.15) is 24.5 Å². The van der Waals surface area contributed by atoms with Crippen LogP contribution >= 0.6 is 0 Å². The first-order valence-corrected chi connectivity index (χ1v) is 6.79. The van der Waals surface area contributed by atoms with Gasteiger partial charge in [0.05, 0.1) is 11.7 Å². The minimum atomic E-state index is -0.0699. The molecule has 2 rings (SSSR count). The molecule has 1 fully saturated rings. The van der Waals surface area contributed by atoms with E-state index < -0.39 is 0 Å². The third kappa shape index (κ3) is 3.62. The molecule has 1 atom stereocenters. The van der Waals surface area contributed by atoms with Gasteiger partial charge < -0.3 is 15.2 Å². The highest BCUT2D eigenvalue weighted by Gasteiger charge is 2.25. The van der Waals surface area contributed by atoms with Gasteiger partial charge in [0.15, 0.2) is 0 Å². The maximum absolute atomic E-state index is 11.7. The zero-order valence-corrected chi connectivity index (χ0v) is 11.9. The monoisotopic (exact) mass is 265 g/mol. The lowest BCUT2D eigenvalue weighted by molar-refractivity contribution is 0.109. The lowest BCUT2D eigenvalue weighted by Crippen LogP contribution is -2.45. The highest BCUT2D eigenvalue weighted by Crippen LogP contribution is 2.19. The van der Waals surface area contributed by atoms with E-state index >= 15 is 0 Å². The van der Waals surface area contributed by atoms with Crippen molar-refractivity contribution >= 4 is 0 Å². The van der Waals surface area contributed by atoms with Crippen molar-refractivity contribution in [1.82, 2.24) is 25.1 Å². The molecule has 1 aliphatic rings. The van der Waals surface area contributed by atoms with Gasteiger partial charge in [-0.05, 0) is 20.6 Å². The fourth-order valence-electron chi connectivity index (χ4n) is 2.34. The van der Waals surface area contributed by atoms with Gasteiger partial charge in [0.25, 0.3) is 5.56 Å². The number of H-pyrrole nitrogens is 1. The van der Waals surface area contributed by atoms with Crippen molar-refractivity contribution in [3.63, 3.8) is 0 Å². The largest absolute Gasteiger partial charge is 0.311 e. The number of piperazine rings is 1. The first-order valence-electron chi connectivity index (χ1n) is 6.79. The van der Waals surface area contributed by atoms with Gasteiger partial charge in [-0.25, -0.2) is 4.98 Å². The normalized spacial score (nSPS) is 21.7. The number of hydrogen-bond donors (Lipinski definition) is 2. The van der Waals surface area contributed by atoms with Gasteiger partial charge in [-0.2, -0.15) is 0 Å². The van der Waals surface area contributed by atoms with Crippen molar-refractivity contribution in [2.75, 3.05) is 40.3 Å². The fraction of sp³-hybridized carbons (Fsp3) is 0.692. The van der Waals surface area contributed by atoms with Crippen LogP contribution in [0.25, 0.3) is 0 Å². The standard InChI is InChI=1S/C13H23N5O/c1-4-14-8-10-7-12(19)16-13(15-10)11-9-17(2)5-6-18(11)3/h7,11,14H,4-6,8-9H2,1-3H3,(H,15,16,19). The molecule has 2 N–H and O–H groups in total. The summed E-state index contributed by atoms with van der Waals surface area (Å²) in [7, 11) is 4.18. The van der Waals surface area contributed by atoms with E-state index in [0.29, 0.717) is 6.54 Å². The Morgan fingerprint density at radius 1 is 1.47 bits per heavy atom. The Labute approximate surface area is 113 Å². The Hall–Kier alpha value is -1.24. The highest BCUT2D eigenvalue weighted by molar-refractivity contribution is 5.07. The zero-order valence-electron chi connectivity index (χ0n) is 11.9. The van der Waals surface area contributed by atoms with Gasteiger partial charge in [-0.1, -0.05) is 6.92 Å². The average Bonchev–Trinajstić information content (AvgIpc) is 2.38. The van der Waals surface area contributed by atoms with E-state index in [1.165, 1.54) is 0 Å². The van der Waals surface area contributed by atoms with Crippen LogP contribution in [-0.2, 0) is 6.54 Å². The second-order valence-corrected chi connectivity index (χ2v) is 5.16. The van der Waals surface area contributed by atoms with Crippen LogP contribution in [0.5, 0.6) is 0 Å². The maximum atomic E-state index is 11.7. The van der Waals surface area contributed by atoms with Gasteiger partial charge in [-0.3, -0.25) is 9.69 Å². The van der Waals surface area contributed by atoms with E-state index in [4.69, 9.17) is 0 Å². The van der Waals surface area contributed by atoms with Crippen molar-refractivity contribution in [2.45, 2.75) is 19.5 Å². The number of hydrogen-bond acceptors (Lipinski definition) is 5. The molecule has 0 amide bonds. The summed E-state index contributed by atoms with van der Waals surface area (Å²) in [6.45, 7) is 6.48. The molecule has 0 radical (unpaired) electrons. The molecule has 106 valence electrons. The predicted molar refractivity (Wildman–Crippen MR) is 75.1 cm³/mol.